The summed E-state index contributed by atoms with van der Waals surface area (Å²) in [6.45, 7) is 3.15. The number of halogens is 1. The molecule has 1 atom stereocenters. The van der Waals surface area contributed by atoms with E-state index < -0.39 is 23.0 Å². The number of nitrogens with zero attached hydrogens (tertiary/aromatic N) is 1. The molecule has 0 heterocycles. The molecule has 0 N–H and O–H groups in total. The first-order chi connectivity index (χ1) is 9.36. The minimum Gasteiger partial charge on any atom is -0.463 e. The quantitative estimate of drug-likeness (QED) is 0.470. The van der Waals surface area contributed by atoms with E-state index in [0.717, 1.165) is 12.1 Å². The van der Waals surface area contributed by atoms with Gasteiger partial charge in [0, 0.05) is 12.1 Å². The van der Waals surface area contributed by atoms with Crippen molar-refractivity contribution in [2.45, 2.75) is 20.0 Å². The van der Waals surface area contributed by atoms with Crippen LogP contribution in [0.2, 0.25) is 5.02 Å². The average molecular weight is 302 g/mol. The fraction of sp³-hybridized carbons (Fsp3) is 0.333. The van der Waals surface area contributed by atoms with Gasteiger partial charge in [0.05, 0.1) is 22.1 Å². The summed E-state index contributed by atoms with van der Waals surface area (Å²) < 4.78 is 9.55. The van der Waals surface area contributed by atoms with Crippen LogP contribution in [0.5, 0.6) is 0 Å². The molecule has 0 bridgehead atoms. The van der Waals surface area contributed by atoms with E-state index in [-0.39, 0.29) is 22.9 Å². The van der Waals surface area contributed by atoms with Crippen molar-refractivity contribution in [2.75, 3.05) is 6.61 Å². The van der Waals surface area contributed by atoms with E-state index in [4.69, 9.17) is 16.3 Å². The highest BCUT2D eigenvalue weighted by Crippen LogP contribution is 2.23. The van der Waals surface area contributed by atoms with Crippen LogP contribution in [0.1, 0.15) is 24.2 Å². The van der Waals surface area contributed by atoms with Crippen molar-refractivity contribution in [2.24, 2.45) is 0 Å². The number of nitro groups is 1. The van der Waals surface area contributed by atoms with E-state index in [1.165, 1.54) is 13.0 Å². The van der Waals surface area contributed by atoms with Gasteiger partial charge in [0.2, 0.25) is 0 Å². The van der Waals surface area contributed by atoms with Crippen LogP contribution in [0.3, 0.4) is 0 Å². The lowest BCUT2D eigenvalue weighted by Crippen LogP contribution is -2.26. The van der Waals surface area contributed by atoms with Gasteiger partial charge in [-0.3, -0.25) is 10.1 Å². The molecule has 1 rings (SSSR count). The number of hydrogen-bond acceptors (Lipinski definition) is 6. The average Bonchev–Trinajstić information content (AvgIpc) is 2.38. The molecular weight excluding hydrogens is 290 g/mol. The van der Waals surface area contributed by atoms with Crippen LogP contribution in [0.15, 0.2) is 18.2 Å². The molecule has 0 radical (unpaired) electrons. The summed E-state index contributed by atoms with van der Waals surface area (Å²) in [5, 5.41) is 10.4. The number of ether oxygens (including phenoxy) is 2. The lowest BCUT2D eigenvalue weighted by Gasteiger charge is -2.12. The summed E-state index contributed by atoms with van der Waals surface area (Å²) in [5.74, 6) is -1.54. The molecule has 0 fully saturated rings. The van der Waals surface area contributed by atoms with Crippen LogP contribution in [0, 0.1) is 10.1 Å². The molecule has 7 nitrogen and oxygen atoms in total. The Balaban J connectivity index is 2.83. The first kappa shape index (κ1) is 15.9. The van der Waals surface area contributed by atoms with E-state index in [9.17, 15) is 19.7 Å². The highest BCUT2D eigenvalue weighted by atomic mass is 35.5. The standard InChI is InChI=1S/C12H12ClNO6/c1-3-19-11(15)7(2)20-12(16)9-5-4-8(14(17)18)6-10(9)13/h4-7H,3H2,1-2H3/t7-/m0/s1. The third-order valence-electron chi connectivity index (χ3n) is 2.29. The molecule has 0 spiro atoms. The van der Waals surface area contributed by atoms with Crippen molar-refractivity contribution in [3.8, 4) is 0 Å². The molecule has 0 saturated carbocycles. The van der Waals surface area contributed by atoms with Gasteiger partial charge in [-0.2, -0.15) is 0 Å². The Kier molecular flexibility index (Phi) is 5.45. The van der Waals surface area contributed by atoms with Crippen molar-refractivity contribution in [1.29, 1.82) is 0 Å². The monoisotopic (exact) mass is 301 g/mol. The summed E-state index contributed by atoms with van der Waals surface area (Å²) in [6.07, 6.45) is -1.09. The van der Waals surface area contributed by atoms with E-state index in [1.54, 1.807) is 6.92 Å². The maximum atomic E-state index is 11.8. The minimum absolute atomic E-state index is 0.0617. The zero-order chi connectivity index (χ0) is 15.3. The predicted molar refractivity (Wildman–Crippen MR) is 69.6 cm³/mol. The highest BCUT2D eigenvalue weighted by Gasteiger charge is 2.22. The highest BCUT2D eigenvalue weighted by molar-refractivity contribution is 6.33. The number of carbonyl (C=O) groups is 2. The maximum absolute atomic E-state index is 11.8. The zero-order valence-corrected chi connectivity index (χ0v) is 11.5. The second-order valence-corrected chi connectivity index (χ2v) is 4.13. The molecule has 0 aliphatic heterocycles. The summed E-state index contributed by atoms with van der Waals surface area (Å²) in [7, 11) is 0. The number of rotatable bonds is 5. The molecule has 0 aromatic heterocycles. The van der Waals surface area contributed by atoms with Crippen molar-refractivity contribution in [3.63, 3.8) is 0 Å². The van der Waals surface area contributed by atoms with Gasteiger partial charge < -0.3 is 9.47 Å². The Labute approximate surface area is 119 Å². The molecule has 0 aliphatic rings. The van der Waals surface area contributed by atoms with Gasteiger partial charge in [-0.15, -0.1) is 0 Å². The maximum Gasteiger partial charge on any atom is 0.347 e. The van der Waals surface area contributed by atoms with Gasteiger partial charge in [-0.1, -0.05) is 11.6 Å². The fourth-order valence-electron chi connectivity index (χ4n) is 1.31. The molecule has 0 aliphatic carbocycles. The summed E-state index contributed by atoms with van der Waals surface area (Å²) in [5.41, 5.74) is -0.307. The predicted octanol–water partition coefficient (Wildman–Crippen LogP) is 2.36. The molecule has 20 heavy (non-hydrogen) atoms. The van der Waals surface area contributed by atoms with Crippen molar-refractivity contribution in [1.82, 2.24) is 0 Å². The molecular formula is C12H12ClNO6. The van der Waals surface area contributed by atoms with Crippen LogP contribution in [-0.4, -0.2) is 29.6 Å². The summed E-state index contributed by atoms with van der Waals surface area (Å²) in [6, 6.07) is 3.32. The van der Waals surface area contributed by atoms with Crippen molar-refractivity contribution < 1.29 is 24.0 Å². The molecule has 1 aromatic carbocycles. The van der Waals surface area contributed by atoms with Gasteiger partial charge >= 0.3 is 11.9 Å². The number of non-ortho nitro benzene ring substituents is 1. The molecule has 0 unspecified atom stereocenters. The second-order valence-electron chi connectivity index (χ2n) is 3.72. The SMILES string of the molecule is CCOC(=O)[C@H](C)OC(=O)c1ccc([N+](=O)[O-])cc1Cl. The number of nitro benzene ring substituents is 1. The van der Waals surface area contributed by atoms with Crippen LogP contribution in [-0.2, 0) is 14.3 Å². The number of benzene rings is 1. The normalized spacial score (nSPS) is 11.6. The Morgan fingerprint density at radius 2 is 2.10 bits per heavy atom. The fourth-order valence-corrected chi connectivity index (χ4v) is 1.57. The largest absolute Gasteiger partial charge is 0.463 e. The summed E-state index contributed by atoms with van der Waals surface area (Å²) >= 11 is 5.77. The van der Waals surface area contributed by atoms with Gasteiger partial charge in [0.25, 0.3) is 5.69 Å². The lowest BCUT2D eigenvalue weighted by molar-refractivity contribution is -0.384. The number of esters is 2. The van der Waals surface area contributed by atoms with E-state index >= 15 is 0 Å². The van der Waals surface area contributed by atoms with Crippen LogP contribution in [0.4, 0.5) is 5.69 Å². The number of hydrogen-bond donors (Lipinski definition) is 0. The van der Waals surface area contributed by atoms with Gasteiger partial charge in [-0.05, 0) is 19.9 Å². The van der Waals surface area contributed by atoms with Crippen LogP contribution >= 0.6 is 11.6 Å². The Hall–Kier alpha value is -2.15. The van der Waals surface area contributed by atoms with E-state index in [2.05, 4.69) is 4.74 Å². The van der Waals surface area contributed by atoms with Crippen molar-refractivity contribution >= 4 is 29.2 Å². The first-order valence-corrected chi connectivity index (χ1v) is 6.06. The van der Waals surface area contributed by atoms with E-state index in [1.807, 2.05) is 0 Å². The first-order valence-electron chi connectivity index (χ1n) is 5.68. The smallest absolute Gasteiger partial charge is 0.347 e. The molecule has 8 heteroatoms. The van der Waals surface area contributed by atoms with Gasteiger partial charge in [0.1, 0.15) is 0 Å². The third kappa shape index (κ3) is 3.92. The van der Waals surface area contributed by atoms with E-state index in [0.29, 0.717) is 0 Å². The Bertz CT molecular complexity index is 545. The lowest BCUT2D eigenvalue weighted by atomic mass is 10.2. The third-order valence-corrected chi connectivity index (χ3v) is 2.60. The molecule has 0 saturated heterocycles. The topological polar surface area (TPSA) is 95.7 Å². The van der Waals surface area contributed by atoms with Crippen LogP contribution in [0.25, 0.3) is 0 Å². The Morgan fingerprint density at radius 3 is 2.60 bits per heavy atom. The van der Waals surface area contributed by atoms with Gasteiger partial charge in [-0.25, -0.2) is 9.59 Å². The zero-order valence-electron chi connectivity index (χ0n) is 10.8. The summed E-state index contributed by atoms with van der Waals surface area (Å²) in [4.78, 5) is 33.0. The number of carbonyl (C=O) groups excluding carboxylic acids is 2. The minimum atomic E-state index is -1.09. The molecule has 108 valence electrons. The van der Waals surface area contributed by atoms with Crippen molar-refractivity contribution in [3.05, 3.63) is 38.9 Å². The van der Waals surface area contributed by atoms with Crippen LogP contribution < -0.4 is 0 Å². The molecule has 0 amide bonds. The second kappa shape index (κ2) is 6.85. The van der Waals surface area contributed by atoms with Gasteiger partial charge in [0.15, 0.2) is 6.10 Å². The molecule has 1 aromatic rings. The Morgan fingerprint density at radius 1 is 1.45 bits per heavy atom.